The lowest BCUT2D eigenvalue weighted by Gasteiger charge is -2.13. The van der Waals surface area contributed by atoms with Gasteiger partial charge in [-0.2, -0.15) is 0 Å². The average molecular weight is 497 g/mol. The zero-order valence-corrected chi connectivity index (χ0v) is 19.1. The van der Waals surface area contributed by atoms with Crippen molar-refractivity contribution in [3.05, 3.63) is 64.7 Å². The van der Waals surface area contributed by atoms with Crippen LogP contribution in [0.1, 0.15) is 27.0 Å². The second-order valence-corrected chi connectivity index (χ2v) is 6.10. The van der Waals surface area contributed by atoms with E-state index in [1.807, 2.05) is 19.1 Å². The quantitative estimate of drug-likeness (QED) is 0.266. The van der Waals surface area contributed by atoms with Crippen molar-refractivity contribution < 1.29 is 14.3 Å². The molecule has 2 aromatic carbocycles. The largest absolute Gasteiger partial charge is 0.496 e. The highest BCUT2D eigenvalue weighted by Crippen LogP contribution is 2.19. The van der Waals surface area contributed by atoms with E-state index in [0.717, 1.165) is 35.8 Å². The first-order chi connectivity index (χ1) is 13.1. The standard InChI is InChI=1S/C21H27N3O3.HI/c1-15-5-6-16(13-19(15)26-3)11-12-23-21(22-2)24-14-17-7-9-18(10-8-17)20(25)27-4;/h5-10,13H,11-12,14H2,1-4H3,(H2,22,23,24);1H. The lowest BCUT2D eigenvalue weighted by atomic mass is 10.1. The summed E-state index contributed by atoms with van der Waals surface area (Å²) in [6.07, 6.45) is 0.866. The van der Waals surface area contributed by atoms with Gasteiger partial charge in [0.1, 0.15) is 5.75 Å². The molecule has 0 atom stereocenters. The van der Waals surface area contributed by atoms with Crippen molar-refractivity contribution in [3.63, 3.8) is 0 Å². The van der Waals surface area contributed by atoms with E-state index < -0.39 is 0 Å². The molecule has 2 aromatic rings. The molecule has 2 N–H and O–H groups in total. The van der Waals surface area contributed by atoms with Crippen LogP contribution in [0.15, 0.2) is 47.5 Å². The van der Waals surface area contributed by atoms with Gasteiger partial charge in [-0.1, -0.05) is 24.3 Å². The van der Waals surface area contributed by atoms with Gasteiger partial charge in [-0.3, -0.25) is 4.99 Å². The lowest BCUT2D eigenvalue weighted by molar-refractivity contribution is 0.0600. The fraction of sp³-hybridized carbons (Fsp3) is 0.333. The van der Waals surface area contributed by atoms with Gasteiger partial charge in [-0.25, -0.2) is 4.79 Å². The van der Waals surface area contributed by atoms with Crippen LogP contribution in [0.4, 0.5) is 0 Å². The van der Waals surface area contributed by atoms with Crippen LogP contribution >= 0.6 is 24.0 Å². The first-order valence-corrected chi connectivity index (χ1v) is 8.82. The molecule has 0 aliphatic heterocycles. The number of halogens is 1. The summed E-state index contributed by atoms with van der Waals surface area (Å²) in [4.78, 5) is 15.7. The van der Waals surface area contributed by atoms with Gasteiger partial charge in [-0.05, 0) is 48.2 Å². The number of benzene rings is 2. The Morgan fingerprint density at radius 1 is 1.04 bits per heavy atom. The van der Waals surface area contributed by atoms with E-state index in [9.17, 15) is 4.79 Å². The third-order valence-electron chi connectivity index (χ3n) is 4.24. The maximum absolute atomic E-state index is 11.5. The summed E-state index contributed by atoms with van der Waals surface area (Å²) >= 11 is 0. The van der Waals surface area contributed by atoms with Crippen molar-refractivity contribution >= 4 is 35.9 Å². The molecule has 0 bridgehead atoms. The Labute approximate surface area is 183 Å². The number of aryl methyl sites for hydroxylation is 1. The van der Waals surface area contributed by atoms with Gasteiger partial charge in [0.25, 0.3) is 0 Å². The number of nitrogens with zero attached hydrogens (tertiary/aromatic N) is 1. The van der Waals surface area contributed by atoms with Crippen LogP contribution < -0.4 is 15.4 Å². The summed E-state index contributed by atoms with van der Waals surface area (Å²) in [6, 6.07) is 13.5. The monoisotopic (exact) mass is 497 g/mol. The van der Waals surface area contributed by atoms with E-state index in [1.165, 1.54) is 12.7 Å². The number of methoxy groups -OCH3 is 2. The van der Waals surface area contributed by atoms with Crippen molar-refractivity contribution in [2.75, 3.05) is 27.8 Å². The van der Waals surface area contributed by atoms with Gasteiger partial charge in [0.2, 0.25) is 0 Å². The van der Waals surface area contributed by atoms with Crippen LogP contribution in [0.25, 0.3) is 0 Å². The molecular weight excluding hydrogens is 469 g/mol. The molecule has 0 saturated carbocycles. The topological polar surface area (TPSA) is 72.0 Å². The van der Waals surface area contributed by atoms with E-state index in [0.29, 0.717) is 12.1 Å². The van der Waals surface area contributed by atoms with Gasteiger partial charge in [-0.15, -0.1) is 24.0 Å². The summed E-state index contributed by atoms with van der Waals surface area (Å²) in [5.41, 5.74) is 3.93. The van der Waals surface area contributed by atoms with E-state index in [-0.39, 0.29) is 29.9 Å². The van der Waals surface area contributed by atoms with E-state index in [1.54, 1.807) is 26.3 Å². The molecule has 0 spiro atoms. The number of hydrogen-bond acceptors (Lipinski definition) is 4. The minimum atomic E-state index is -0.334. The van der Waals surface area contributed by atoms with Gasteiger partial charge in [0.05, 0.1) is 19.8 Å². The fourth-order valence-corrected chi connectivity index (χ4v) is 2.63. The first-order valence-electron chi connectivity index (χ1n) is 8.82. The van der Waals surface area contributed by atoms with E-state index in [2.05, 4.69) is 33.8 Å². The Morgan fingerprint density at radius 2 is 1.71 bits per heavy atom. The number of aliphatic imine (C=N–C) groups is 1. The maximum Gasteiger partial charge on any atom is 0.337 e. The van der Waals surface area contributed by atoms with Crippen molar-refractivity contribution in [3.8, 4) is 5.75 Å². The summed E-state index contributed by atoms with van der Waals surface area (Å²) < 4.78 is 10.1. The molecule has 0 saturated heterocycles. The van der Waals surface area contributed by atoms with Gasteiger partial charge in [0.15, 0.2) is 5.96 Å². The lowest BCUT2D eigenvalue weighted by Crippen LogP contribution is -2.37. The molecule has 0 unspecified atom stereocenters. The average Bonchev–Trinajstić information content (AvgIpc) is 2.71. The zero-order valence-electron chi connectivity index (χ0n) is 16.7. The van der Waals surface area contributed by atoms with Crippen LogP contribution in [0.5, 0.6) is 5.75 Å². The molecular formula is C21H28IN3O3. The van der Waals surface area contributed by atoms with Crippen LogP contribution in [0, 0.1) is 6.92 Å². The second-order valence-electron chi connectivity index (χ2n) is 6.10. The highest BCUT2D eigenvalue weighted by atomic mass is 127. The van der Waals surface area contributed by atoms with Gasteiger partial charge < -0.3 is 20.1 Å². The summed E-state index contributed by atoms with van der Waals surface area (Å²) in [6.45, 7) is 3.40. The van der Waals surface area contributed by atoms with Crippen molar-refractivity contribution in [1.82, 2.24) is 10.6 Å². The summed E-state index contributed by atoms with van der Waals surface area (Å²) in [7, 11) is 4.80. The fourth-order valence-electron chi connectivity index (χ4n) is 2.63. The van der Waals surface area contributed by atoms with Gasteiger partial charge in [0, 0.05) is 20.1 Å². The number of ether oxygens (including phenoxy) is 2. The Balaban J connectivity index is 0.00000392. The van der Waals surface area contributed by atoms with E-state index >= 15 is 0 Å². The molecule has 0 aromatic heterocycles. The predicted octanol–water partition coefficient (Wildman–Crippen LogP) is 3.32. The van der Waals surface area contributed by atoms with Gasteiger partial charge >= 0.3 is 5.97 Å². The smallest absolute Gasteiger partial charge is 0.337 e. The minimum Gasteiger partial charge on any atom is -0.496 e. The van der Waals surface area contributed by atoms with Crippen LogP contribution in [-0.2, 0) is 17.7 Å². The normalized spacial score (nSPS) is 10.6. The highest BCUT2D eigenvalue weighted by molar-refractivity contribution is 14.0. The molecule has 2 rings (SSSR count). The second kappa shape index (κ2) is 12.2. The third-order valence-corrected chi connectivity index (χ3v) is 4.24. The van der Waals surface area contributed by atoms with Crippen molar-refractivity contribution in [1.29, 1.82) is 0 Å². The molecule has 0 aliphatic rings. The van der Waals surface area contributed by atoms with E-state index in [4.69, 9.17) is 9.47 Å². The first kappa shape index (κ1) is 23.7. The van der Waals surface area contributed by atoms with Crippen molar-refractivity contribution in [2.45, 2.75) is 19.9 Å². The summed E-state index contributed by atoms with van der Waals surface area (Å²) in [5, 5.41) is 6.57. The summed E-state index contributed by atoms with van der Waals surface area (Å²) in [5.74, 6) is 1.30. The predicted molar refractivity (Wildman–Crippen MR) is 123 cm³/mol. The Hall–Kier alpha value is -2.29. The number of nitrogens with one attached hydrogen (secondary N) is 2. The number of carbonyl (C=O) groups excluding carboxylic acids is 1. The molecule has 152 valence electrons. The Morgan fingerprint density at radius 3 is 2.32 bits per heavy atom. The highest BCUT2D eigenvalue weighted by Gasteiger charge is 2.05. The number of hydrogen-bond donors (Lipinski definition) is 2. The number of carbonyl (C=O) groups is 1. The molecule has 0 amide bonds. The number of esters is 1. The Kier molecular flexibility index (Phi) is 10.4. The van der Waals surface area contributed by atoms with Crippen LogP contribution in [-0.4, -0.2) is 39.7 Å². The molecule has 28 heavy (non-hydrogen) atoms. The molecule has 0 aliphatic carbocycles. The molecule has 7 heteroatoms. The van der Waals surface area contributed by atoms with Crippen molar-refractivity contribution in [2.24, 2.45) is 4.99 Å². The zero-order chi connectivity index (χ0) is 19.6. The molecule has 0 radical (unpaired) electrons. The maximum atomic E-state index is 11.5. The Bertz CT molecular complexity index is 792. The third kappa shape index (κ3) is 7.03. The van der Waals surface area contributed by atoms with Crippen LogP contribution in [0.3, 0.4) is 0 Å². The minimum absolute atomic E-state index is 0. The SMILES string of the molecule is CN=C(NCCc1ccc(C)c(OC)c1)NCc1ccc(C(=O)OC)cc1.I. The van der Waals surface area contributed by atoms with Crippen LogP contribution in [0.2, 0.25) is 0 Å². The molecule has 0 fully saturated rings. The number of guanidine groups is 1. The molecule has 6 nitrogen and oxygen atoms in total. The molecule has 0 heterocycles. The number of rotatable bonds is 7.